The second kappa shape index (κ2) is 6.31. The van der Waals surface area contributed by atoms with Crippen LogP contribution in [-0.4, -0.2) is 59.0 Å². The lowest BCUT2D eigenvalue weighted by Crippen LogP contribution is -2.71. The molecular weight excluding hydrogens is 305 g/mol. The highest BCUT2D eigenvalue weighted by atomic mass is 19.4. The molecule has 1 aliphatic rings. The Hall–Kier alpha value is -1.51. The molecule has 1 amide bonds. The lowest BCUT2D eigenvalue weighted by Gasteiger charge is -2.49. The van der Waals surface area contributed by atoms with E-state index in [1.165, 1.54) is 4.90 Å². The number of likely N-dealkylation sites (tertiary alicyclic amines) is 1. The first-order valence-corrected chi connectivity index (χ1v) is 6.83. The zero-order valence-corrected chi connectivity index (χ0v) is 12.8. The quantitative estimate of drug-likeness (QED) is 0.808. The van der Waals surface area contributed by atoms with E-state index in [0.717, 1.165) is 0 Å². The summed E-state index contributed by atoms with van der Waals surface area (Å²) in [5.41, 5.74) is -1.72. The van der Waals surface area contributed by atoms with Crippen LogP contribution >= 0.6 is 0 Å². The van der Waals surface area contributed by atoms with Gasteiger partial charge in [0, 0.05) is 19.6 Å². The van der Waals surface area contributed by atoms with Crippen molar-refractivity contribution in [2.45, 2.75) is 50.9 Å². The summed E-state index contributed by atoms with van der Waals surface area (Å²) in [6, 6.07) is 0. The molecule has 0 aromatic carbocycles. The number of aliphatic carboxylic acids is 1. The number of carbonyl (C=O) groups excluding carboxylic acids is 1. The van der Waals surface area contributed by atoms with Crippen LogP contribution in [-0.2, 0) is 9.53 Å². The molecule has 0 unspecified atom stereocenters. The van der Waals surface area contributed by atoms with Gasteiger partial charge in [-0.25, -0.2) is 4.79 Å². The first-order valence-electron chi connectivity index (χ1n) is 6.83. The number of alkyl halides is 3. The normalized spacial score (nSPS) is 17.8. The van der Waals surface area contributed by atoms with E-state index in [4.69, 9.17) is 9.84 Å². The standard InChI is InChI=1S/C13H21F3N2O4/c1-11(2,3)22-10(21)18-7-12(8-18,6-9(19)20)17-5-4-13(14,15)16/h17H,4-8H2,1-3H3,(H,19,20). The molecule has 0 aromatic rings. The molecule has 2 N–H and O–H groups in total. The SMILES string of the molecule is CC(C)(C)OC(=O)N1CC(CC(=O)O)(NCCC(F)(F)F)C1. The number of carboxylic acid groups (broad SMARTS) is 1. The van der Waals surface area contributed by atoms with Gasteiger partial charge in [-0.15, -0.1) is 0 Å². The van der Waals surface area contributed by atoms with Crippen molar-refractivity contribution in [1.82, 2.24) is 10.2 Å². The topological polar surface area (TPSA) is 78.9 Å². The average Bonchev–Trinajstić information content (AvgIpc) is 2.19. The molecule has 0 saturated carbocycles. The number of hydrogen-bond donors (Lipinski definition) is 2. The van der Waals surface area contributed by atoms with Gasteiger partial charge in [0.25, 0.3) is 0 Å². The lowest BCUT2D eigenvalue weighted by atomic mass is 9.86. The van der Waals surface area contributed by atoms with E-state index in [0.29, 0.717) is 0 Å². The number of carbonyl (C=O) groups is 2. The van der Waals surface area contributed by atoms with Crippen molar-refractivity contribution in [2.24, 2.45) is 0 Å². The number of nitrogens with zero attached hydrogens (tertiary/aromatic N) is 1. The monoisotopic (exact) mass is 326 g/mol. The minimum atomic E-state index is -4.31. The molecule has 0 atom stereocenters. The van der Waals surface area contributed by atoms with Crippen LogP contribution in [0.15, 0.2) is 0 Å². The summed E-state index contributed by atoms with van der Waals surface area (Å²) in [5.74, 6) is -1.14. The molecule has 1 fully saturated rings. The molecule has 1 aliphatic heterocycles. The van der Waals surface area contributed by atoms with Crippen molar-refractivity contribution in [1.29, 1.82) is 0 Å². The van der Waals surface area contributed by atoms with Crippen molar-refractivity contribution in [3.8, 4) is 0 Å². The van der Waals surface area contributed by atoms with Crippen LogP contribution in [0, 0.1) is 0 Å². The van der Waals surface area contributed by atoms with Gasteiger partial charge < -0.3 is 20.1 Å². The van der Waals surface area contributed by atoms with Crippen LogP contribution in [0.1, 0.15) is 33.6 Å². The van der Waals surface area contributed by atoms with E-state index in [9.17, 15) is 22.8 Å². The van der Waals surface area contributed by atoms with Crippen LogP contribution in [0.25, 0.3) is 0 Å². The fourth-order valence-electron chi connectivity index (χ4n) is 2.18. The number of hydrogen-bond acceptors (Lipinski definition) is 4. The van der Waals surface area contributed by atoms with Crippen LogP contribution in [0.3, 0.4) is 0 Å². The predicted molar refractivity (Wildman–Crippen MR) is 71.5 cm³/mol. The number of ether oxygens (including phenoxy) is 1. The Labute approximate surface area is 126 Å². The Kier molecular flexibility index (Phi) is 5.32. The Bertz CT molecular complexity index is 426. The first-order chi connectivity index (χ1) is 9.82. The van der Waals surface area contributed by atoms with E-state index >= 15 is 0 Å². The minimum Gasteiger partial charge on any atom is -0.481 e. The highest BCUT2D eigenvalue weighted by Gasteiger charge is 2.48. The van der Waals surface area contributed by atoms with E-state index in [1.807, 2.05) is 0 Å². The fourth-order valence-corrected chi connectivity index (χ4v) is 2.18. The molecule has 6 nitrogen and oxygen atoms in total. The molecule has 0 aromatic heterocycles. The molecule has 0 radical (unpaired) electrons. The van der Waals surface area contributed by atoms with Crippen molar-refractivity contribution in [3.63, 3.8) is 0 Å². The first kappa shape index (κ1) is 18.5. The van der Waals surface area contributed by atoms with Gasteiger partial charge in [0.1, 0.15) is 5.60 Å². The largest absolute Gasteiger partial charge is 0.481 e. The minimum absolute atomic E-state index is 0.00602. The lowest BCUT2D eigenvalue weighted by molar-refractivity contribution is -0.142. The van der Waals surface area contributed by atoms with Gasteiger partial charge in [-0.3, -0.25) is 4.79 Å². The van der Waals surface area contributed by atoms with Crippen LogP contribution in [0.4, 0.5) is 18.0 Å². The van der Waals surface area contributed by atoms with Gasteiger partial charge in [-0.1, -0.05) is 0 Å². The summed E-state index contributed by atoms with van der Waals surface area (Å²) >= 11 is 0. The molecule has 0 aliphatic carbocycles. The van der Waals surface area contributed by atoms with Gasteiger partial charge in [0.2, 0.25) is 0 Å². The zero-order valence-electron chi connectivity index (χ0n) is 12.8. The van der Waals surface area contributed by atoms with E-state index in [-0.39, 0.29) is 26.1 Å². The molecular formula is C13H21F3N2O4. The Morgan fingerprint density at radius 1 is 1.27 bits per heavy atom. The third kappa shape index (κ3) is 6.08. The average molecular weight is 326 g/mol. The predicted octanol–water partition coefficient (Wildman–Crippen LogP) is 1.99. The Morgan fingerprint density at radius 2 is 1.82 bits per heavy atom. The maximum atomic E-state index is 12.2. The zero-order chi connectivity index (χ0) is 17.2. The highest BCUT2D eigenvalue weighted by molar-refractivity contribution is 5.73. The maximum Gasteiger partial charge on any atom is 0.410 e. The molecule has 0 spiro atoms. The molecule has 1 rings (SSSR count). The number of amides is 1. The van der Waals surface area contributed by atoms with E-state index in [2.05, 4.69) is 5.32 Å². The summed E-state index contributed by atoms with van der Waals surface area (Å²) in [4.78, 5) is 23.9. The number of carboxylic acids is 1. The Morgan fingerprint density at radius 3 is 2.23 bits per heavy atom. The fraction of sp³-hybridized carbons (Fsp3) is 0.846. The molecule has 1 saturated heterocycles. The van der Waals surface area contributed by atoms with Crippen molar-refractivity contribution >= 4 is 12.1 Å². The van der Waals surface area contributed by atoms with E-state index < -0.39 is 35.8 Å². The third-order valence-corrected chi connectivity index (χ3v) is 3.04. The van der Waals surface area contributed by atoms with Gasteiger partial charge >= 0.3 is 18.2 Å². The molecule has 128 valence electrons. The van der Waals surface area contributed by atoms with Crippen molar-refractivity contribution < 1.29 is 32.6 Å². The number of rotatable bonds is 5. The second-order valence-corrected chi connectivity index (χ2v) is 6.48. The molecule has 9 heteroatoms. The Balaban J connectivity index is 2.56. The second-order valence-electron chi connectivity index (χ2n) is 6.48. The number of halogens is 3. The van der Waals surface area contributed by atoms with Crippen molar-refractivity contribution in [3.05, 3.63) is 0 Å². The summed E-state index contributed by atoms with van der Waals surface area (Å²) in [6.45, 7) is 4.70. The van der Waals surface area contributed by atoms with Crippen LogP contribution < -0.4 is 5.32 Å². The summed E-state index contributed by atoms with van der Waals surface area (Å²) < 4.78 is 41.6. The van der Waals surface area contributed by atoms with Crippen LogP contribution in [0.5, 0.6) is 0 Å². The molecule has 22 heavy (non-hydrogen) atoms. The molecule has 1 heterocycles. The van der Waals surface area contributed by atoms with Gasteiger partial charge in [0.05, 0.1) is 18.4 Å². The molecule has 0 bridgehead atoms. The maximum absolute atomic E-state index is 12.2. The van der Waals surface area contributed by atoms with E-state index in [1.54, 1.807) is 20.8 Å². The van der Waals surface area contributed by atoms with Crippen molar-refractivity contribution in [2.75, 3.05) is 19.6 Å². The summed E-state index contributed by atoms with van der Waals surface area (Å²) in [7, 11) is 0. The van der Waals surface area contributed by atoms with Gasteiger partial charge in [-0.05, 0) is 20.8 Å². The van der Waals surface area contributed by atoms with Gasteiger partial charge in [0.15, 0.2) is 0 Å². The van der Waals surface area contributed by atoms with Gasteiger partial charge in [-0.2, -0.15) is 13.2 Å². The van der Waals surface area contributed by atoms with Crippen LogP contribution in [0.2, 0.25) is 0 Å². The highest BCUT2D eigenvalue weighted by Crippen LogP contribution is 2.28. The smallest absolute Gasteiger partial charge is 0.410 e. The third-order valence-electron chi connectivity index (χ3n) is 3.04. The summed E-state index contributed by atoms with van der Waals surface area (Å²) in [6.07, 6.45) is -6.33. The summed E-state index contributed by atoms with van der Waals surface area (Å²) in [5, 5.41) is 11.5. The number of nitrogens with one attached hydrogen (secondary N) is 1.